The van der Waals surface area contributed by atoms with E-state index in [0.29, 0.717) is 18.4 Å². The highest BCUT2D eigenvalue weighted by atomic mass is 127. The molecular formula is C20H35IN4O2. The minimum atomic E-state index is -0.0827. The van der Waals surface area contributed by atoms with Crippen molar-refractivity contribution in [3.8, 4) is 0 Å². The summed E-state index contributed by atoms with van der Waals surface area (Å²) in [4.78, 5) is 15.8. The maximum Gasteiger partial charge on any atom is 0.221 e. The van der Waals surface area contributed by atoms with Crippen LogP contribution in [-0.2, 0) is 11.3 Å². The van der Waals surface area contributed by atoms with Crippen molar-refractivity contribution in [1.29, 1.82) is 0 Å². The second-order valence-corrected chi connectivity index (χ2v) is 6.97. The highest BCUT2D eigenvalue weighted by Crippen LogP contribution is 2.14. The van der Waals surface area contributed by atoms with Crippen LogP contribution in [0.25, 0.3) is 0 Å². The van der Waals surface area contributed by atoms with Crippen LogP contribution in [0.5, 0.6) is 0 Å². The van der Waals surface area contributed by atoms with E-state index >= 15 is 0 Å². The van der Waals surface area contributed by atoms with Gasteiger partial charge in [-0.25, -0.2) is 4.99 Å². The molecule has 1 rings (SSSR count). The molecule has 0 aliphatic rings. The minimum Gasteiger partial charge on any atom is -0.396 e. The molecule has 0 aromatic heterocycles. The molecule has 1 unspecified atom stereocenters. The number of nitrogens with zero attached hydrogens (tertiary/aromatic N) is 1. The molecule has 0 radical (unpaired) electrons. The van der Waals surface area contributed by atoms with E-state index in [4.69, 9.17) is 0 Å². The molecule has 0 saturated heterocycles. The Hall–Kier alpha value is -1.35. The number of hydrogen-bond acceptors (Lipinski definition) is 3. The highest BCUT2D eigenvalue weighted by molar-refractivity contribution is 14.0. The smallest absolute Gasteiger partial charge is 0.221 e. The van der Waals surface area contributed by atoms with E-state index in [0.717, 1.165) is 43.1 Å². The largest absolute Gasteiger partial charge is 0.396 e. The van der Waals surface area contributed by atoms with Gasteiger partial charge in [0.2, 0.25) is 5.91 Å². The molecule has 6 nitrogen and oxygen atoms in total. The number of amides is 1. The number of halogens is 1. The lowest BCUT2D eigenvalue weighted by Gasteiger charge is -2.20. The lowest BCUT2D eigenvalue weighted by atomic mass is 9.94. The highest BCUT2D eigenvalue weighted by Gasteiger charge is 2.11. The van der Waals surface area contributed by atoms with Gasteiger partial charge in [-0.2, -0.15) is 0 Å². The summed E-state index contributed by atoms with van der Waals surface area (Å²) in [6, 6.07) is 7.70. The predicted octanol–water partition coefficient (Wildman–Crippen LogP) is 3.36. The van der Waals surface area contributed by atoms with Gasteiger partial charge in [0, 0.05) is 32.3 Å². The van der Waals surface area contributed by atoms with Gasteiger partial charge in [-0.1, -0.05) is 26.0 Å². The van der Waals surface area contributed by atoms with Gasteiger partial charge in [0.25, 0.3) is 0 Å². The summed E-state index contributed by atoms with van der Waals surface area (Å²) in [5.41, 5.74) is 1.81. The summed E-state index contributed by atoms with van der Waals surface area (Å²) >= 11 is 0. The molecule has 0 bridgehead atoms. The van der Waals surface area contributed by atoms with E-state index in [1.165, 1.54) is 6.92 Å². The van der Waals surface area contributed by atoms with Gasteiger partial charge in [-0.05, 0) is 49.3 Å². The molecule has 4 N–H and O–H groups in total. The molecular weight excluding hydrogens is 455 g/mol. The Balaban J connectivity index is 0.00000676. The first-order valence-corrected chi connectivity index (χ1v) is 9.44. The van der Waals surface area contributed by atoms with Gasteiger partial charge < -0.3 is 21.1 Å². The SMILES string of the molecule is CCNC(=NCc1cccc(NC(C)=O)c1)NCC(CCO)CC(C)C.I. The summed E-state index contributed by atoms with van der Waals surface area (Å²) in [5.74, 6) is 1.71. The lowest BCUT2D eigenvalue weighted by molar-refractivity contribution is -0.114. The predicted molar refractivity (Wildman–Crippen MR) is 124 cm³/mol. The molecule has 1 aromatic carbocycles. The van der Waals surface area contributed by atoms with Crippen molar-refractivity contribution >= 4 is 41.5 Å². The van der Waals surface area contributed by atoms with Crippen LogP contribution in [0.15, 0.2) is 29.3 Å². The van der Waals surface area contributed by atoms with Crippen molar-refractivity contribution in [1.82, 2.24) is 10.6 Å². The van der Waals surface area contributed by atoms with Crippen molar-refractivity contribution in [3.63, 3.8) is 0 Å². The molecule has 154 valence electrons. The molecule has 1 atom stereocenters. The van der Waals surface area contributed by atoms with Gasteiger partial charge >= 0.3 is 0 Å². The van der Waals surface area contributed by atoms with E-state index < -0.39 is 0 Å². The van der Waals surface area contributed by atoms with Crippen LogP contribution >= 0.6 is 24.0 Å². The summed E-state index contributed by atoms with van der Waals surface area (Å²) < 4.78 is 0. The maximum absolute atomic E-state index is 11.2. The average Bonchev–Trinajstić information content (AvgIpc) is 2.56. The first-order valence-electron chi connectivity index (χ1n) is 9.44. The topological polar surface area (TPSA) is 85.8 Å². The standard InChI is InChI=1S/C20H34N4O2.HI/c1-5-21-20(23-14-18(9-10-25)11-15(2)3)22-13-17-7-6-8-19(12-17)24-16(4)26;/h6-8,12,15,18,25H,5,9-11,13-14H2,1-4H3,(H,24,26)(H2,21,22,23);1H. The van der Waals surface area contributed by atoms with E-state index in [-0.39, 0.29) is 36.5 Å². The number of nitrogens with one attached hydrogen (secondary N) is 3. The molecule has 0 heterocycles. The zero-order chi connectivity index (χ0) is 19.4. The normalized spacial score (nSPS) is 12.3. The number of aliphatic hydroxyl groups is 1. The minimum absolute atomic E-state index is 0. The van der Waals surface area contributed by atoms with Crippen LogP contribution in [0.2, 0.25) is 0 Å². The zero-order valence-electron chi connectivity index (χ0n) is 16.9. The number of hydrogen-bond donors (Lipinski definition) is 4. The molecule has 7 heteroatoms. The molecule has 0 aliphatic carbocycles. The van der Waals surface area contributed by atoms with Crippen LogP contribution in [0, 0.1) is 11.8 Å². The lowest BCUT2D eigenvalue weighted by Crippen LogP contribution is -2.40. The van der Waals surface area contributed by atoms with Crippen LogP contribution in [0.4, 0.5) is 5.69 Å². The van der Waals surface area contributed by atoms with Gasteiger partial charge in [-0.15, -0.1) is 24.0 Å². The number of rotatable bonds is 10. The van der Waals surface area contributed by atoms with Gasteiger partial charge in [-0.3, -0.25) is 4.79 Å². The molecule has 0 spiro atoms. The quantitative estimate of drug-likeness (QED) is 0.230. The molecule has 1 aromatic rings. The van der Waals surface area contributed by atoms with Crippen LogP contribution < -0.4 is 16.0 Å². The Kier molecular flexibility index (Phi) is 13.9. The number of carbonyl (C=O) groups excluding carboxylic acids is 1. The zero-order valence-corrected chi connectivity index (χ0v) is 19.2. The fraction of sp³-hybridized carbons (Fsp3) is 0.600. The van der Waals surface area contributed by atoms with E-state index in [9.17, 15) is 9.90 Å². The fourth-order valence-electron chi connectivity index (χ4n) is 2.86. The summed E-state index contributed by atoms with van der Waals surface area (Å²) in [7, 11) is 0. The van der Waals surface area contributed by atoms with E-state index in [1.54, 1.807) is 0 Å². The Morgan fingerprint density at radius 3 is 2.59 bits per heavy atom. The average molecular weight is 490 g/mol. The number of benzene rings is 1. The van der Waals surface area contributed by atoms with Gasteiger partial charge in [0.15, 0.2) is 5.96 Å². The third-order valence-corrected chi connectivity index (χ3v) is 3.91. The fourth-order valence-corrected chi connectivity index (χ4v) is 2.86. The Bertz CT molecular complexity index is 579. The second kappa shape index (κ2) is 14.7. The van der Waals surface area contributed by atoms with Crippen molar-refractivity contribution in [2.24, 2.45) is 16.8 Å². The van der Waals surface area contributed by atoms with E-state index in [1.807, 2.05) is 31.2 Å². The number of aliphatic imine (C=N–C) groups is 1. The molecule has 0 saturated carbocycles. The molecule has 27 heavy (non-hydrogen) atoms. The third kappa shape index (κ3) is 11.9. The number of aliphatic hydroxyl groups excluding tert-OH is 1. The molecule has 0 fully saturated rings. The summed E-state index contributed by atoms with van der Waals surface area (Å²) in [6.07, 6.45) is 1.87. The summed E-state index contributed by atoms with van der Waals surface area (Å²) in [5, 5.41) is 18.7. The second-order valence-electron chi connectivity index (χ2n) is 6.97. The Morgan fingerprint density at radius 1 is 1.26 bits per heavy atom. The van der Waals surface area contributed by atoms with Crippen LogP contribution in [0.3, 0.4) is 0 Å². The van der Waals surface area contributed by atoms with Crippen molar-refractivity contribution in [3.05, 3.63) is 29.8 Å². The van der Waals surface area contributed by atoms with Crippen molar-refractivity contribution in [2.45, 2.75) is 47.1 Å². The number of carbonyl (C=O) groups is 1. The van der Waals surface area contributed by atoms with Crippen LogP contribution in [-0.4, -0.2) is 36.7 Å². The van der Waals surface area contributed by atoms with Crippen LogP contribution in [0.1, 0.15) is 46.1 Å². The number of guanidine groups is 1. The number of anilines is 1. The Labute approximate surface area is 180 Å². The third-order valence-electron chi connectivity index (χ3n) is 3.91. The maximum atomic E-state index is 11.2. The first-order chi connectivity index (χ1) is 12.4. The monoisotopic (exact) mass is 490 g/mol. The molecule has 1 amide bonds. The van der Waals surface area contributed by atoms with E-state index in [2.05, 4.69) is 34.8 Å². The molecule has 0 aliphatic heterocycles. The van der Waals surface area contributed by atoms with Gasteiger partial charge in [0.05, 0.1) is 6.54 Å². The van der Waals surface area contributed by atoms with Crippen molar-refractivity contribution < 1.29 is 9.90 Å². The van der Waals surface area contributed by atoms with Crippen molar-refractivity contribution in [2.75, 3.05) is 25.0 Å². The summed E-state index contributed by atoms with van der Waals surface area (Å²) in [6.45, 7) is 10.2. The van der Waals surface area contributed by atoms with Gasteiger partial charge in [0.1, 0.15) is 0 Å². The first kappa shape index (κ1) is 25.6. The Morgan fingerprint density at radius 2 is 2.00 bits per heavy atom.